The van der Waals surface area contributed by atoms with Crippen LogP contribution in [0.15, 0.2) is 23.3 Å². The first-order chi connectivity index (χ1) is 11.2. The van der Waals surface area contributed by atoms with Gasteiger partial charge in [0, 0.05) is 19.6 Å². The van der Waals surface area contributed by atoms with Gasteiger partial charge in [0.2, 0.25) is 0 Å². The zero-order valence-corrected chi connectivity index (χ0v) is 13.5. The van der Waals surface area contributed by atoms with Crippen LogP contribution in [0.2, 0.25) is 0 Å². The Bertz CT molecular complexity index is 530. The molecule has 0 aliphatic carbocycles. The summed E-state index contributed by atoms with van der Waals surface area (Å²) >= 11 is 5.05. The second kappa shape index (κ2) is 9.49. The highest BCUT2D eigenvalue weighted by atomic mass is 32.1. The van der Waals surface area contributed by atoms with Crippen LogP contribution in [-0.4, -0.2) is 55.6 Å². The Balaban J connectivity index is 1.64. The summed E-state index contributed by atoms with van der Waals surface area (Å²) in [7, 11) is 0. The maximum absolute atomic E-state index is 13.4. The van der Waals surface area contributed by atoms with Crippen molar-refractivity contribution in [3.05, 3.63) is 35.4 Å². The van der Waals surface area contributed by atoms with E-state index in [1.165, 1.54) is 18.2 Å². The van der Waals surface area contributed by atoms with E-state index in [0.29, 0.717) is 11.7 Å². The van der Waals surface area contributed by atoms with Crippen LogP contribution in [0.4, 0.5) is 8.78 Å². The third-order valence-electron chi connectivity index (χ3n) is 3.40. The lowest BCUT2D eigenvalue weighted by molar-refractivity contribution is 0.0376. The van der Waals surface area contributed by atoms with Crippen LogP contribution in [0.25, 0.3) is 0 Å². The highest BCUT2D eigenvalue weighted by Gasteiger charge is 2.09. The molecule has 0 spiro atoms. The lowest BCUT2D eigenvalue weighted by atomic mass is 10.2. The van der Waals surface area contributed by atoms with Crippen molar-refractivity contribution in [1.82, 2.24) is 15.6 Å². The monoisotopic (exact) mass is 342 g/mol. The maximum atomic E-state index is 13.4. The summed E-state index contributed by atoms with van der Waals surface area (Å²) in [4.78, 5) is 2.33. The molecule has 0 aromatic heterocycles. The number of hydrazone groups is 1. The molecule has 2 rings (SSSR count). The fraction of sp³-hybridized carbons (Fsp3) is 0.467. The molecule has 1 aromatic carbocycles. The molecule has 0 bridgehead atoms. The van der Waals surface area contributed by atoms with Crippen molar-refractivity contribution < 1.29 is 13.5 Å². The van der Waals surface area contributed by atoms with E-state index in [0.717, 1.165) is 45.5 Å². The standard InChI is InChI=1S/C15H20F2N4OS/c16-13-3-1-4-14(17)12(13)11-19-20-15(23)18-5-2-6-21-7-9-22-10-8-21/h1,3-4,11H,2,5-10H2,(H2,18,20,23)/b19-11-. The second-order valence-electron chi connectivity index (χ2n) is 5.07. The molecule has 8 heteroatoms. The van der Waals surface area contributed by atoms with E-state index in [1.54, 1.807) is 0 Å². The molecule has 1 heterocycles. The van der Waals surface area contributed by atoms with Crippen LogP contribution in [-0.2, 0) is 4.74 Å². The summed E-state index contributed by atoms with van der Waals surface area (Å²) < 4.78 is 32.0. The average Bonchev–Trinajstić information content (AvgIpc) is 2.55. The van der Waals surface area contributed by atoms with E-state index < -0.39 is 11.6 Å². The second-order valence-corrected chi connectivity index (χ2v) is 5.48. The molecule has 2 N–H and O–H groups in total. The van der Waals surface area contributed by atoms with E-state index in [4.69, 9.17) is 17.0 Å². The van der Waals surface area contributed by atoms with Crippen LogP contribution in [0.1, 0.15) is 12.0 Å². The number of nitrogens with zero attached hydrogens (tertiary/aromatic N) is 2. The zero-order chi connectivity index (χ0) is 16.5. The van der Waals surface area contributed by atoms with Gasteiger partial charge in [-0.3, -0.25) is 10.3 Å². The molecule has 0 atom stereocenters. The van der Waals surface area contributed by atoms with Crippen LogP contribution in [0.3, 0.4) is 0 Å². The van der Waals surface area contributed by atoms with Gasteiger partial charge >= 0.3 is 0 Å². The van der Waals surface area contributed by atoms with E-state index in [-0.39, 0.29) is 5.56 Å². The lowest BCUT2D eigenvalue weighted by Gasteiger charge is -2.26. The molecule has 1 aromatic rings. The SMILES string of the molecule is Fc1cccc(F)c1/C=N\NC(=S)NCCCN1CCOCC1. The predicted molar refractivity (Wildman–Crippen MR) is 89.6 cm³/mol. The van der Waals surface area contributed by atoms with E-state index in [2.05, 4.69) is 20.7 Å². The van der Waals surface area contributed by atoms with Gasteiger partial charge in [-0.05, 0) is 37.3 Å². The predicted octanol–water partition coefficient (Wildman–Crippen LogP) is 1.49. The van der Waals surface area contributed by atoms with Gasteiger partial charge in [0.05, 0.1) is 25.0 Å². The third kappa shape index (κ3) is 6.17. The molecule has 0 saturated carbocycles. The van der Waals surface area contributed by atoms with Crippen molar-refractivity contribution >= 4 is 23.5 Å². The summed E-state index contributed by atoms with van der Waals surface area (Å²) in [6, 6.07) is 3.65. The van der Waals surface area contributed by atoms with Gasteiger partial charge in [0.15, 0.2) is 5.11 Å². The summed E-state index contributed by atoms with van der Waals surface area (Å²) in [6.07, 6.45) is 2.01. The van der Waals surface area contributed by atoms with Crippen LogP contribution >= 0.6 is 12.2 Å². The largest absolute Gasteiger partial charge is 0.379 e. The molecule has 0 radical (unpaired) electrons. The quantitative estimate of drug-likeness (QED) is 0.355. The number of hydrogen-bond acceptors (Lipinski definition) is 4. The van der Waals surface area contributed by atoms with Crippen molar-refractivity contribution in [3.63, 3.8) is 0 Å². The molecule has 0 amide bonds. The number of rotatable bonds is 6. The summed E-state index contributed by atoms with van der Waals surface area (Å²) in [5.74, 6) is -1.33. The fourth-order valence-electron chi connectivity index (χ4n) is 2.16. The first-order valence-corrected chi connectivity index (χ1v) is 7.88. The van der Waals surface area contributed by atoms with Crippen LogP contribution in [0, 0.1) is 11.6 Å². The zero-order valence-electron chi connectivity index (χ0n) is 12.7. The number of benzene rings is 1. The molecular formula is C15H20F2N4OS. The number of hydrogen-bond donors (Lipinski definition) is 2. The minimum absolute atomic E-state index is 0.199. The Labute approximate surface area is 139 Å². The number of nitrogens with one attached hydrogen (secondary N) is 2. The van der Waals surface area contributed by atoms with Crippen molar-refractivity contribution in [2.75, 3.05) is 39.4 Å². The molecule has 1 saturated heterocycles. The van der Waals surface area contributed by atoms with Gasteiger partial charge in [-0.25, -0.2) is 8.78 Å². The molecule has 5 nitrogen and oxygen atoms in total. The molecule has 1 fully saturated rings. The Morgan fingerprint density at radius 2 is 2.00 bits per heavy atom. The lowest BCUT2D eigenvalue weighted by Crippen LogP contribution is -2.39. The van der Waals surface area contributed by atoms with Crippen molar-refractivity contribution in [1.29, 1.82) is 0 Å². The van der Waals surface area contributed by atoms with Crippen LogP contribution in [0.5, 0.6) is 0 Å². The number of thiocarbonyl (C=S) groups is 1. The van der Waals surface area contributed by atoms with Gasteiger partial charge in [-0.15, -0.1) is 0 Å². The molecule has 0 unspecified atom stereocenters. The first-order valence-electron chi connectivity index (χ1n) is 7.48. The topological polar surface area (TPSA) is 48.9 Å². The van der Waals surface area contributed by atoms with Gasteiger partial charge in [-0.1, -0.05) is 6.07 Å². The molecule has 23 heavy (non-hydrogen) atoms. The summed E-state index contributed by atoms with van der Waals surface area (Å²) in [5.41, 5.74) is 2.35. The molecule has 1 aliphatic heterocycles. The maximum Gasteiger partial charge on any atom is 0.186 e. The first kappa shape index (κ1) is 17.7. The Kier molecular flexibility index (Phi) is 7.31. The highest BCUT2D eigenvalue weighted by molar-refractivity contribution is 7.80. The smallest absolute Gasteiger partial charge is 0.186 e. The summed E-state index contributed by atoms with van der Waals surface area (Å²) in [5, 5.41) is 7.06. The minimum atomic E-state index is -0.667. The fourth-order valence-corrected chi connectivity index (χ4v) is 2.31. The number of halogens is 2. The number of morpholine rings is 1. The molecule has 126 valence electrons. The normalized spacial score (nSPS) is 15.7. The third-order valence-corrected chi connectivity index (χ3v) is 3.64. The average molecular weight is 342 g/mol. The van der Waals surface area contributed by atoms with Crippen molar-refractivity contribution in [3.8, 4) is 0 Å². The highest BCUT2D eigenvalue weighted by Crippen LogP contribution is 2.08. The Hall–Kier alpha value is -1.64. The molecule has 1 aliphatic rings. The van der Waals surface area contributed by atoms with Gasteiger partial charge in [0.25, 0.3) is 0 Å². The van der Waals surface area contributed by atoms with Crippen molar-refractivity contribution in [2.24, 2.45) is 5.10 Å². The van der Waals surface area contributed by atoms with Gasteiger partial charge in [0.1, 0.15) is 11.6 Å². The molecular weight excluding hydrogens is 322 g/mol. The van der Waals surface area contributed by atoms with E-state index in [1.807, 2.05) is 0 Å². The van der Waals surface area contributed by atoms with Crippen LogP contribution < -0.4 is 10.7 Å². The number of ether oxygens (including phenoxy) is 1. The minimum Gasteiger partial charge on any atom is -0.379 e. The van der Waals surface area contributed by atoms with E-state index in [9.17, 15) is 8.78 Å². The van der Waals surface area contributed by atoms with Crippen molar-refractivity contribution in [2.45, 2.75) is 6.42 Å². The van der Waals surface area contributed by atoms with E-state index >= 15 is 0 Å². The Morgan fingerprint density at radius 3 is 2.70 bits per heavy atom. The summed E-state index contributed by atoms with van der Waals surface area (Å²) in [6.45, 7) is 5.17. The van der Waals surface area contributed by atoms with Gasteiger partial charge in [-0.2, -0.15) is 5.10 Å². The Morgan fingerprint density at radius 1 is 1.30 bits per heavy atom. The van der Waals surface area contributed by atoms with Gasteiger partial charge < -0.3 is 10.1 Å².